The molecule has 0 saturated carbocycles. The largest absolute Gasteiger partial charge is 0.485 e. The molecule has 0 unspecified atom stereocenters. The zero-order valence-electron chi connectivity index (χ0n) is 12.1. The van der Waals surface area contributed by atoms with Gasteiger partial charge in [-0.1, -0.05) is 28.1 Å². The number of carbonyl (C=O) groups is 2. The lowest BCUT2D eigenvalue weighted by Gasteiger charge is -2.29. The Balaban J connectivity index is 1.53. The van der Waals surface area contributed by atoms with Crippen molar-refractivity contribution in [3.63, 3.8) is 0 Å². The first-order valence-electron chi connectivity index (χ1n) is 7.29. The molecule has 0 aromatic heterocycles. The van der Waals surface area contributed by atoms with E-state index in [0.29, 0.717) is 17.7 Å². The number of carbonyl (C=O) groups excluding carboxylic acids is 2. The number of hydrogen-bond acceptors (Lipinski definition) is 4. The molecule has 0 fully saturated rings. The first kappa shape index (κ1) is 14.3. The van der Waals surface area contributed by atoms with Crippen molar-refractivity contribution < 1.29 is 14.3 Å². The number of halogens is 1. The average Bonchev–Trinajstić information content (AvgIpc) is 2.80. The second-order valence-corrected chi connectivity index (χ2v) is 6.44. The molecule has 0 saturated heterocycles. The van der Waals surface area contributed by atoms with Gasteiger partial charge in [-0.3, -0.25) is 14.5 Å². The van der Waals surface area contributed by atoms with Crippen LogP contribution in [0.5, 0.6) is 5.75 Å². The van der Waals surface area contributed by atoms with Gasteiger partial charge in [-0.2, -0.15) is 0 Å². The molecule has 0 aliphatic carbocycles. The van der Waals surface area contributed by atoms with E-state index in [-0.39, 0.29) is 24.5 Å². The van der Waals surface area contributed by atoms with Gasteiger partial charge in [-0.25, -0.2) is 0 Å². The Morgan fingerprint density at radius 2 is 1.83 bits per heavy atom. The summed E-state index contributed by atoms with van der Waals surface area (Å²) < 4.78 is 6.88. The Labute approximate surface area is 141 Å². The molecule has 2 amide bonds. The molecule has 2 aromatic carbocycles. The van der Waals surface area contributed by atoms with E-state index in [2.05, 4.69) is 21.2 Å². The molecular weight excluding hydrogens is 360 g/mol. The molecule has 0 spiro atoms. The Morgan fingerprint density at radius 1 is 1.13 bits per heavy atom. The van der Waals surface area contributed by atoms with E-state index < -0.39 is 0 Å². The molecule has 4 rings (SSSR count). The molecule has 116 valence electrons. The number of nitrogens with zero attached hydrogens (tertiary/aromatic N) is 1. The number of rotatable bonds is 2. The van der Waals surface area contributed by atoms with Gasteiger partial charge in [0.2, 0.25) is 0 Å². The van der Waals surface area contributed by atoms with Crippen molar-refractivity contribution in [3.05, 3.63) is 58.1 Å². The summed E-state index contributed by atoms with van der Waals surface area (Å²) >= 11 is 3.42. The molecule has 2 aliphatic rings. The standard InChI is InChI=1S/C17H13BrN2O3/c18-10-5-6-15-14(7-10)19-8-11(23-15)9-20-16(21)12-3-1-2-4-13(12)17(20)22/h1-7,11,19H,8-9H2/t11-/m1/s1. The Hall–Kier alpha value is -2.34. The van der Waals surface area contributed by atoms with E-state index in [1.165, 1.54) is 4.90 Å². The molecule has 1 N–H and O–H groups in total. The number of anilines is 1. The summed E-state index contributed by atoms with van der Waals surface area (Å²) in [5.74, 6) is 0.215. The van der Waals surface area contributed by atoms with Gasteiger partial charge in [0.1, 0.15) is 11.9 Å². The molecule has 6 heteroatoms. The van der Waals surface area contributed by atoms with Crippen LogP contribution in [-0.4, -0.2) is 35.9 Å². The predicted octanol–water partition coefficient (Wildman–Crippen LogP) is 2.92. The minimum atomic E-state index is -0.272. The Kier molecular flexibility index (Phi) is 3.34. The SMILES string of the molecule is O=C1c2ccccc2C(=O)N1C[C@H]1CNc2cc(Br)ccc2O1. The highest BCUT2D eigenvalue weighted by Gasteiger charge is 2.37. The third kappa shape index (κ3) is 2.39. The van der Waals surface area contributed by atoms with Crippen LogP contribution in [0.25, 0.3) is 0 Å². The maximum Gasteiger partial charge on any atom is 0.261 e. The summed E-state index contributed by atoms with van der Waals surface area (Å²) in [6.45, 7) is 0.770. The van der Waals surface area contributed by atoms with Crippen LogP contribution in [0, 0.1) is 0 Å². The number of ether oxygens (including phenoxy) is 1. The summed E-state index contributed by atoms with van der Waals surface area (Å²) in [6, 6.07) is 12.6. The van der Waals surface area contributed by atoms with Crippen molar-refractivity contribution in [3.8, 4) is 5.75 Å². The molecule has 5 nitrogen and oxygen atoms in total. The summed E-state index contributed by atoms with van der Waals surface area (Å²) in [6.07, 6.45) is -0.272. The van der Waals surface area contributed by atoms with Crippen LogP contribution < -0.4 is 10.1 Å². The van der Waals surface area contributed by atoms with E-state index in [9.17, 15) is 9.59 Å². The number of hydrogen-bond donors (Lipinski definition) is 1. The lowest BCUT2D eigenvalue weighted by molar-refractivity contribution is 0.0576. The molecule has 1 atom stereocenters. The molecule has 2 aliphatic heterocycles. The van der Waals surface area contributed by atoms with Gasteiger partial charge in [0, 0.05) is 4.47 Å². The first-order valence-corrected chi connectivity index (χ1v) is 8.08. The maximum absolute atomic E-state index is 12.4. The van der Waals surface area contributed by atoms with E-state index in [1.54, 1.807) is 24.3 Å². The minimum Gasteiger partial charge on any atom is -0.485 e. The highest BCUT2D eigenvalue weighted by molar-refractivity contribution is 9.10. The van der Waals surface area contributed by atoms with Crippen LogP contribution in [-0.2, 0) is 0 Å². The molecule has 2 heterocycles. The number of fused-ring (bicyclic) bond motifs is 2. The number of nitrogens with one attached hydrogen (secondary N) is 1. The smallest absolute Gasteiger partial charge is 0.261 e. The fourth-order valence-corrected chi connectivity index (χ4v) is 3.26. The van der Waals surface area contributed by atoms with Crippen molar-refractivity contribution in [1.29, 1.82) is 0 Å². The Morgan fingerprint density at radius 3 is 2.52 bits per heavy atom. The van der Waals surface area contributed by atoms with Crippen LogP contribution in [0.4, 0.5) is 5.69 Å². The monoisotopic (exact) mass is 372 g/mol. The van der Waals surface area contributed by atoms with Crippen molar-refractivity contribution in [1.82, 2.24) is 4.90 Å². The summed E-state index contributed by atoms with van der Waals surface area (Å²) in [5, 5.41) is 3.27. The lowest BCUT2D eigenvalue weighted by atomic mass is 10.1. The van der Waals surface area contributed by atoms with Crippen molar-refractivity contribution in [2.24, 2.45) is 0 Å². The molecule has 2 aromatic rings. The van der Waals surface area contributed by atoms with Crippen molar-refractivity contribution in [2.75, 3.05) is 18.4 Å². The second kappa shape index (κ2) is 5.38. The third-order valence-electron chi connectivity index (χ3n) is 4.02. The van der Waals surface area contributed by atoms with Gasteiger partial charge >= 0.3 is 0 Å². The number of imide groups is 1. The number of amides is 2. The van der Waals surface area contributed by atoms with E-state index in [4.69, 9.17) is 4.74 Å². The van der Waals surface area contributed by atoms with E-state index >= 15 is 0 Å². The van der Waals surface area contributed by atoms with E-state index in [1.807, 2.05) is 18.2 Å². The first-order chi connectivity index (χ1) is 11.1. The zero-order chi connectivity index (χ0) is 16.0. The van der Waals surface area contributed by atoms with Gasteiger partial charge in [-0.05, 0) is 30.3 Å². The number of benzene rings is 2. The third-order valence-corrected chi connectivity index (χ3v) is 4.51. The van der Waals surface area contributed by atoms with Gasteiger partial charge < -0.3 is 10.1 Å². The molecule has 0 radical (unpaired) electrons. The van der Waals surface area contributed by atoms with Gasteiger partial charge in [0.15, 0.2) is 0 Å². The van der Waals surface area contributed by atoms with Crippen LogP contribution in [0.2, 0.25) is 0 Å². The highest BCUT2D eigenvalue weighted by Crippen LogP contribution is 2.32. The quantitative estimate of drug-likeness (QED) is 0.823. The molecule has 23 heavy (non-hydrogen) atoms. The van der Waals surface area contributed by atoms with Gasteiger partial charge in [-0.15, -0.1) is 0 Å². The van der Waals surface area contributed by atoms with Crippen molar-refractivity contribution >= 4 is 33.4 Å². The second-order valence-electron chi connectivity index (χ2n) is 5.53. The topological polar surface area (TPSA) is 58.6 Å². The average molecular weight is 373 g/mol. The predicted molar refractivity (Wildman–Crippen MR) is 88.9 cm³/mol. The highest BCUT2D eigenvalue weighted by atomic mass is 79.9. The Bertz CT molecular complexity index is 786. The fraction of sp³-hybridized carbons (Fsp3) is 0.176. The lowest BCUT2D eigenvalue weighted by Crippen LogP contribution is -2.44. The van der Waals surface area contributed by atoms with Crippen molar-refractivity contribution in [2.45, 2.75) is 6.10 Å². The van der Waals surface area contributed by atoms with Crippen LogP contribution in [0.15, 0.2) is 46.9 Å². The van der Waals surface area contributed by atoms with Gasteiger partial charge in [0.05, 0.1) is 29.9 Å². The summed E-state index contributed by atoms with van der Waals surface area (Å²) in [7, 11) is 0. The maximum atomic E-state index is 12.4. The molecule has 0 bridgehead atoms. The fourth-order valence-electron chi connectivity index (χ4n) is 2.90. The molecular formula is C17H13BrN2O3. The van der Waals surface area contributed by atoms with Crippen LogP contribution in [0.1, 0.15) is 20.7 Å². The normalized spacial score (nSPS) is 19.0. The van der Waals surface area contributed by atoms with E-state index in [0.717, 1.165) is 15.9 Å². The summed E-state index contributed by atoms with van der Waals surface area (Å²) in [5.41, 5.74) is 1.83. The van der Waals surface area contributed by atoms with Crippen LogP contribution >= 0.6 is 15.9 Å². The summed E-state index contributed by atoms with van der Waals surface area (Å²) in [4.78, 5) is 26.1. The van der Waals surface area contributed by atoms with Crippen LogP contribution in [0.3, 0.4) is 0 Å². The minimum absolute atomic E-state index is 0.231. The zero-order valence-corrected chi connectivity index (χ0v) is 13.7. The van der Waals surface area contributed by atoms with Gasteiger partial charge in [0.25, 0.3) is 11.8 Å².